The molecule has 18 heavy (non-hydrogen) atoms. The van der Waals surface area contributed by atoms with Gasteiger partial charge < -0.3 is 5.32 Å². The zero-order valence-electron chi connectivity index (χ0n) is 13.5. The summed E-state index contributed by atoms with van der Waals surface area (Å²) in [7, 11) is 0. The lowest BCUT2D eigenvalue weighted by Gasteiger charge is -2.39. The van der Waals surface area contributed by atoms with Crippen molar-refractivity contribution in [3.63, 3.8) is 0 Å². The van der Waals surface area contributed by atoms with E-state index in [9.17, 15) is 4.79 Å². The van der Waals surface area contributed by atoms with Gasteiger partial charge in [-0.25, -0.2) is 0 Å². The van der Waals surface area contributed by atoms with Crippen LogP contribution in [0.25, 0.3) is 0 Å². The van der Waals surface area contributed by atoms with E-state index in [0.717, 1.165) is 18.5 Å². The topological polar surface area (TPSA) is 29.1 Å². The summed E-state index contributed by atoms with van der Waals surface area (Å²) >= 11 is 0. The molecule has 0 atom stereocenters. The van der Waals surface area contributed by atoms with Crippen LogP contribution in [-0.4, -0.2) is 11.3 Å². The van der Waals surface area contributed by atoms with Crippen LogP contribution in [0.4, 0.5) is 0 Å². The molecule has 0 radical (unpaired) electrons. The summed E-state index contributed by atoms with van der Waals surface area (Å²) in [6.07, 6.45) is 1.85. The molecule has 106 valence electrons. The molecule has 0 aromatic rings. The molecule has 0 aliphatic heterocycles. The average Bonchev–Trinajstić information content (AvgIpc) is 2.14. The second-order valence-corrected chi connectivity index (χ2v) is 7.34. The molecule has 0 saturated carbocycles. The van der Waals surface area contributed by atoms with E-state index in [1.54, 1.807) is 6.92 Å². The van der Waals surface area contributed by atoms with E-state index in [1.807, 2.05) is 13.8 Å². The lowest BCUT2D eigenvalue weighted by atomic mass is 9.76. The minimum absolute atomic E-state index is 0.0810. The summed E-state index contributed by atoms with van der Waals surface area (Å²) in [5.74, 6) is 0.234. The molecular weight excluding hydrogens is 222 g/mol. The molecule has 2 heteroatoms. The molecule has 0 amide bonds. The Labute approximate surface area is 113 Å². The Hall–Kier alpha value is -0.790. The summed E-state index contributed by atoms with van der Waals surface area (Å²) in [5, 5.41) is 3.51. The standard InChI is InChI=1S/C16H31NO/c1-10-14(4,5)12(2)17-16(8,9)11-15(6,7)13(3)18/h17H,2,10-11H2,1,3-9H3. The number of carbonyl (C=O) groups excluding carboxylic acids is 1. The van der Waals surface area contributed by atoms with Gasteiger partial charge in [-0.2, -0.15) is 0 Å². The van der Waals surface area contributed by atoms with Gasteiger partial charge in [0.25, 0.3) is 0 Å². The fourth-order valence-corrected chi connectivity index (χ4v) is 2.06. The molecule has 1 N–H and O–H groups in total. The Bertz CT molecular complexity index is 324. The predicted octanol–water partition coefficient (Wildman–Crippen LogP) is 4.31. The maximum atomic E-state index is 11.6. The van der Waals surface area contributed by atoms with Crippen LogP contribution in [0.1, 0.15) is 68.2 Å². The van der Waals surface area contributed by atoms with Gasteiger partial charge in [-0.05, 0) is 33.6 Å². The van der Waals surface area contributed by atoms with Crippen molar-refractivity contribution in [3.8, 4) is 0 Å². The monoisotopic (exact) mass is 253 g/mol. The molecule has 0 aromatic heterocycles. The number of nitrogens with one attached hydrogen (secondary N) is 1. The van der Waals surface area contributed by atoms with E-state index in [2.05, 4.69) is 46.5 Å². The summed E-state index contributed by atoms with van der Waals surface area (Å²) in [6.45, 7) is 20.7. The van der Waals surface area contributed by atoms with E-state index in [4.69, 9.17) is 0 Å². The molecular formula is C16H31NO. The fourth-order valence-electron chi connectivity index (χ4n) is 2.06. The second kappa shape index (κ2) is 5.46. The molecule has 0 aliphatic rings. The SMILES string of the molecule is C=C(NC(C)(C)CC(C)(C)C(C)=O)C(C)(C)CC. The summed E-state index contributed by atoms with van der Waals surface area (Å²) in [6, 6.07) is 0. The van der Waals surface area contributed by atoms with E-state index in [1.165, 1.54) is 0 Å². The van der Waals surface area contributed by atoms with Crippen molar-refractivity contribution in [1.29, 1.82) is 0 Å². The van der Waals surface area contributed by atoms with Crippen molar-refractivity contribution in [1.82, 2.24) is 5.32 Å². The summed E-state index contributed by atoms with van der Waals surface area (Å²) < 4.78 is 0. The maximum Gasteiger partial charge on any atom is 0.135 e. The molecule has 0 saturated heterocycles. The number of Topliss-reactive ketones (excluding diaryl/α,β-unsaturated/α-hetero) is 1. The van der Waals surface area contributed by atoms with E-state index in [0.29, 0.717) is 0 Å². The smallest absolute Gasteiger partial charge is 0.135 e. The molecule has 0 heterocycles. The van der Waals surface area contributed by atoms with Crippen molar-refractivity contribution < 1.29 is 4.79 Å². The quantitative estimate of drug-likeness (QED) is 0.732. The first-order valence-electron chi connectivity index (χ1n) is 6.83. The molecule has 0 fully saturated rings. The van der Waals surface area contributed by atoms with Gasteiger partial charge in [-0.3, -0.25) is 4.79 Å². The summed E-state index contributed by atoms with van der Waals surface area (Å²) in [5.41, 5.74) is 0.707. The predicted molar refractivity (Wildman–Crippen MR) is 79.5 cm³/mol. The number of rotatable bonds is 7. The molecule has 0 spiro atoms. The van der Waals surface area contributed by atoms with Crippen molar-refractivity contribution in [2.75, 3.05) is 0 Å². The second-order valence-electron chi connectivity index (χ2n) is 7.34. The van der Waals surface area contributed by atoms with Gasteiger partial charge in [-0.15, -0.1) is 0 Å². The van der Waals surface area contributed by atoms with Gasteiger partial charge >= 0.3 is 0 Å². The van der Waals surface area contributed by atoms with Crippen LogP contribution in [0.2, 0.25) is 0 Å². The third-order valence-electron chi connectivity index (χ3n) is 4.03. The number of ketones is 1. The Morgan fingerprint density at radius 2 is 1.50 bits per heavy atom. The van der Waals surface area contributed by atoms with Gasteiger partial charge in [0, 0.05) is 22.1 Å². The Morgan fingerprint density at radius 1 is 1.06 bits per heavy atom. The Morgan fingerprint density at radius 3 is 1.83 bits per heavy atom. The first kappa shape index (κ1) is 17.2. The minimum Gasteiger partial charge on any atom is -0.383 e. The zero-order valence-corrected chi connectivity index (χ0v) is 13.5. The van der Waals surface area contributed by atoms with Crippen LogP contribution < -0.4 is 5.32 Å². The number of hydrogen-bond acceptors (Lipinski definition) is 2. The van der Waals surface area contributed by atoms with E-state index < -0.39 is 0 Å². The lowest BCUT2D eigenvalue weighted by molar-refractivity contribution is -0.125. The van der Waals surface area contributed by atoms with Crippen LogP contribution in [0.15, 0.2) is 12.3 Å². The van der Waals surface area contributed by atoms with Crippen molar-refractivity contribution >= 4 is 5.78 Å². The largest absolute Gasteiger partial charge is 0.383 e. The molecule has 2 nitrogen and oxygen atoms in total. The van der Waals surface area contributed by atoms with Crippen LogP contribution in [0.3, 0.4) is 0 Å². The normalized spacial score (nSPS) is 13.3. The van der Waals surface area contributed by atoms with Gasteiger partial charge in [-0.1, -0.05) is 41.2 Å². The highest BCUT2D eigenvalue weighted by Gasteiger charge is 2.34. The Balaban J connectivity index is 4.78. The highest BCUT2D eigenvalue weighted by atomic mass is 16.1. The minimum atomic E-state index is -0.298. The summed E-state index contributed by atoms with van der Waals surface area (Å²) in [4.78, 5) is 11.6. The maximum absolute atomic E-state index is 11.6. The van der Waals surface area contributed by atoms with Gasteiger partial charge in [0.1, 0.15) is 5.78 Å². The third kappa shape index (κ3) is 4.83. The van der Waals surface area contributed by atoms with Crippen molar-refractivity contribution in [2.24, 2.45) is 10.8 Å². The number of carbonyl (C=O) groups is 1. The lowest BCUT2D eigenvalue weighted by Crippen LogP contribution is -2.46. The fraction of sp³-hybridized carbons (Fsp3) is 0.812. The molecule has 0 bridgehead atoms. The van der Waals surface area contributed by atoms with Crippen molar-refractivity contribution in [2.45, 2.75) is 73.8 Å². The average molecular weight is 253 g/mol. The van der Waals surface area contributed by atoms with Crippen molar-refractivity contribution in [3.05, 3.63) is 12.3 Å². The highest BCUT2D eigenvalue weighted by molar-refractivity contribution is 5.81. The zero-order chi connectivity index (χ0) is 14.8. The first-order valence-corrected chi connectivity index (χ1v) is 6.83. The number of allylic oxidation sites excluding steroid dienone is 1. The molecule has 0 aromatic carbocycles. The van der Waals surface area contributed by atoms with Gasteiger partial charge in [0.15, 0.2) is 0 Å². The molecule has 0 aliphatic carbocycles. The van der Waals surface area contributed by atoms with E-state index in [-0.39, 0.29) is 22.2 Å². The molecule has 0 rings (SSSR count). The van der Waals surface area contributed by atoms with Crippen LogP contribution in [0.5, 0.6) is 0 Å². The third-order valence-corrected chi connectivity index (χ3v) is 4.03. The molecule has 0 unspecified atom stereocenters. The Kier molecular flexibility index (Phi) is 5.22. The van der Waals surface area contributed by atoms with Crippen LogP contribution in [0, 0.1) is 10.8 Å². The number of hydrogen-bond donors (Lipinski definition) is 1. The highest BCUT2D eigenvalue weighted by Crippen LogP contribution is 2.33. The van der Waals surface area contributed by atoms with Crippen LogP contribution in [-0.2, 0) is 4.79 Å². The van der Waals surface area contributed by atoms with Gasteiger partial charge in [0.05, 0.1) is 0 Å². The van der Waals surface area contributed by atoms with Crippen LogP contribution >= 0.6 is 0 Å². The van der Waals surface area contributed by atoms with Gasteiger partial charge in [0.2, 0.25) is 0 Å². The first-order chi connectivity index (χ1) is 7.84. The van der Waals surface area contributed by atoms with E-state index >= 15 is 0 Å².